The van der Waals surface area contributed by atoms with E-state index in [-0.39, 0.29) is 11.4 Å². The Bertz CT molecular complexity index is 483. The monoisotopic (exact) mass is 291 g/mol. The van der Waals surface area contributed by atoms with Crippen molar-refractivity contribution in [2.45, 2.75) is 18.4 Å². The Kier molecular flexibility index (Phi) is 3.20. The predicted octanol–water partition coefficient (Wildman–Crippen LogP) is 3.54. The molecule has 2 rings (SSSR count). The lowest BCUT2D eigenvalue weighted by atomic mass is 9.84. The van der Waals surface area contributed by atoms with Crippen molar-refractivity contribution in [3.63, 3.8) is 0 Å². The summed E-state index contributed by atoms with van der Waals surface area (Å²) in [7, 11) is 0. The predicted molar refractivity (Wildman–Crippen MR) is 72.9 cm³/mol. The highest BCUT2D eigenvalue weighted by Crippen LogP contribution is 2.38. The summed E-state index contributed by atoms with van der Waals surface area (Å²) in [6.07, 6.45) is 5.07. The van der Waals surface area contributed by atoms with Crippen LogP contribution in [0, 0.1) is 0 Å². The van der Waals surface area contributed by atoms with Crippen molar-refractivity contribution in [2.24, 2.45) is 0 Å². The molecule has 0 saturated carbocycles. The van der Waals surface area contributed by atoms with Crippen molar-refractivity contribution in [1.82, 2.24) is 5.32 Å². The van der Waals surface area contributed by atoms with E-state index in [0.717, 1.165) is 15.6 Å². The first-order chi connectivity index (χ1) is 8.13. The van der Waals surface area contributed by atoms with Crippen LogP contribution in [0.15, 0.2) is 48.0 Å². The molecule has 2 nitrogen and oxygen atoms in total. The van der Waals surface area contributed by atoms with Gasteiger partial charge in [-0.25, -0.2) is 0 Å². The second-order valence-corrected chi connectivity index (χ2v) is 5.13. The van der Waals surface area contributed by atoms with Gasteiger partial charge in [-0.05, 0) is 36.6 Å². The minimum atomic E-state index is -0.375. The summed E-state index contributed by atoms with van der Waals surface area (Å²) in [5.41, 5.74) is 1.40. The first-order valence-electron chi connectivity index (χ1n) is 5.47. The number of hydrogen-bond acceptors (Lipinski definition) is 1. The molecule has 88 valence electrons. The number of fused-ring (bicyclic) bond motifs is 1. The number of rotatable bonds is 4. The zero-order chi connectivity index (χ0) is 12.5. The van der Waals surface area contributed by atoms with Gasteiger partial charge in [0.05, 0.1) is 5.54 Å². The highest BCUT2D eigenvalue weighted by molar-refractivity contribution is 9.10. The summed E-state index contributed by atoms with van der Waals surface area (Å²) >= 11 is 3.45. The number of hydrogen-bond donors (Lipinski definition) is 1. The first-order valence-corrected chi connectivity index (χ1v) is 6.26. The van der Waals surface area contributed by atoms with Crippen LogP contribution in [0.5, 0.6) is 0 Å². The number of carbonyl (C=O) groups excluding carboxylic acids is 1. The van der Waals surface area contributed by atoms with Crippen LogP contribution in [0.25, 0.3) is 0 Å². The van der Waals surface area contributed by atoms with E-state index in [1.165, 1.54) is 0 Å². The SMILES string of the molecule is C=CCC1(CC=C)NC(=O)c2ccc(Br)cc21. The van der Waals surface area contributed by atoms with Gasteiger partial charge in [0, 0.05) is 10.0 Å². The van der Waals surface area contributed by atoms with Gasteiger partial charge >= 0.3 is 0 Å². The van der Waals surface area contributed by atoms with Crippen LogP contribution in [0.4, 0.5) is 0 Å². The quantitative estimate of drug-likeness (QED) is 0.845. The first kappa shape index (κ1) is 12.1. The number of benzene rings is 1. The summed E-state index contributed by atoms with van der Waals surface area (Å²) in [5.74, 6) is -0.0174. The summed E-state index contributed by atoms with van der Waals surface area (Å²) in [5, 5.41) is 3.06. The molecule has 1 N–H and O–H groups in total. The molecule has 1 aromatic rings. The molecule has 0 aliphatic carbocycles. The Morgan fingerprint density at radius 1 is 1.29 bits per heavy atom. The molecule has 1 aliphatic heterocycles. The molecule has 0 bridgehead atoms. The minimum Gasteiger partial charge on any atom is -0.342 e. The Balaban J connectivity index is 2.58. The van der Waals surface area contributed by atoms with Crippen LogP contribution in [-0.4, -0.2) is 5.91 Å². The van der Waals surface area contributed by atoms with E-state index in [0.29, 0.717) is 12.8 Å². The lowest BCUT2D eigenvalue weighted by Gasteiger charge is -2.28. The molecule has 17 heavy (non-hydrogen) atoms. The lowest BCUT2D eigenvalue weighted by molar-refractivity contribution is 0.0930. The Morgan fingerprint density at radius 3 is 2.53 bits per heavy atom. The number of amides is 1. The molecule has 0 unspecified atom stereocenters. The van der Waals surface area contributed by atoms with Gasteiger partial charge in [-0.2, -0.15) is 0 Å². The van der Waals surface area contributed by atoms with Crippen LogP contribution < -0.4 is 5.32 Å². The van der Waals surface area contributed by atoms with Crippen LogP contribution in [0.1, 0.15) is 28.8 Å². The van der Waals surface area contributed by atoms with Crippen molar-refractivity contribution in [2.75, 3.05) is 0 Å². The van der Waals surface area contributed by atoms with Crippen LogP contribution in [0.3, 0.4) is 0 Å². The van der Waals surface area contributed by atoms with Gasteiger partial charge in [0.1, 0.15) is 0 Å². The third kappa shape index (κ3) is 1.95. The Morgan fingerprint density at radius 2 is 1.94 bits per heavy atom. The Labute approximate surface area is 110 Å². The molecule has 1 heterocycles. The van der Waals surface area contributed by atoms with E-state index in [4.69, 9.17) is 0 Å². The zero-order valence-corrected chi connectivity index (χ0v) is 11.1. The van der Waals surface area contributed by atoms with E-state index < -0.39 is 0 Å². The Hall–Kier alpha value is -1.35. The van der Waals surface area contributed by atoms with Crippen molar-refractivity contribution in [3.05, 3.63) is 59.1 Å². The highest BCUT2D eigenvalue weighted by atomic mass is 79.9. The molecule has 0 atom stereocenters. The molecule has 1 aliphatic rings. The molecule has 0 spiro atoms. The van der Waals surface area contributed by atoms with E-state index in [2.05, 4.69) is 34.4 Å². The largest absolute Gasteiger partial charge is 0.342 e. The standard InChI is InChI=1S/C14H14BrNO/c1-3-7-14(8-4-2)12-9-10(15)5-6-11(12)13(17)16-14/h3-6,9H,1-2,7-8H2,(H,16,17). The zero-order valence-electron chi connectivity index (χ0n) is 9.50. The fraction of sp³-hybridized carbons (Fsp3) is 0.214. The average molecular weight is 292 g/mol. The fourth-order valence-electron chi connectivity index (χ4n) is 2.36. The molecule has 1 amide bonds. The summed E-state index contributed by atoms with van der Waals surface area (Å²) in [6, 6.07) is 5.74. The van der Waals surface area contributed by atoms with E-state index >= 15 is 0 Å². The van der Waals surface area contributed by atoms with Gasteiger partial charge < -0.3 is 5.32 Å². The molecule has 0 fully saturated rings. The van der Waals surface area contributed by atoms with Gasteiger partial charge in [0.25, 0.3) is 5.91 Å². The van der Waals surface area contributed by atoms with Crippen molar-refractivity contribution in [3.8, 4) is 0 Å². The molecule has 0 radical (unpaired) electrons. The van der Waals surface area contributed by atoms with Crippen LogP contribution >= 0.6 is 15.9 Å². The average Bonchev–Trinajstić information content (AvgIpc) is 2.53. The van der Waals surface area contributed by atoms with Gasteiger partial charge in [-0.1, -0.05) is 28.1 Å². The highest BCUT2D eigenvalue weighted by Gasteiger charge is 2.40. The molecule has 0 saturated heterocycles. The topological polar surface area (TPSA) is 29.1 Å². The van der Waals surface area contributed by atoms with Crippen molar-refractivity contribution < 1.29 is 4.79 Å². The second kappa shape index (κ2) is 4.49. The van der Waals surface area contributed by atoms with E-state index in [9.17, 15) is 4.79 Å². The number of nitrogens with one attached hydrogen (secondary N) is 1. The molecule has 3 heteroatoms. The van der Waals surface area contributed by atoms with Crippen molar-refractivity contribution in [1.29, 1.82) is 0 Å². The van der Waals surface area contributed by atoms with Gasteiger partial charge in [-0.3, -0.25) is 4.79 Å². The number of carbonyl (C=O) groups is 1. The van der Waals surface area contributed by atoms with Gasteiger partial charge in [0.15, 0.2) is 0 Å². The van der Waals surface area contributed by atoms with Crippen LogP contribution in [0.2, 0.25) is 0 Å². The van der Waals surface area contributed by atoms with Gasteiger partial charge in [-0.15, -0.1) is 13.2 Å². The summed E-state index contributed by atoms with van der Waals surface area (Å²) < 4.78 is 0.977. The maximum Gasteiger partial charge on any atom is 0.252 e. The van der Waals surface area contributed by atoms with E-state index in [1.54, 1.807) is 0 Å². The fourth-order valence-corrected chi connectivity index (χ4v) is 2.72. The summed E-state index contributed by atoms with van der Waals surface area (Å²) in [6.45, 7) is 7.55. The molecular formula is C14H14BrNO. The van der Waals surface area contributed by atoms with E-state index in [1.807, 2.05) is 30.4 Å². The lowest BCUT2D eigenvalue weighted by Crippen LogP contribution is -2.38. The normalized spacial score (nSPS) is 16.2. The maximum absolute atomic E-state index is 11.9. The maximum atomic E-state index is 11.9. The number of halogens is 1. The smallest absolute Gasteiger partial charge is 0.252 e. The van der Waals surface area contributed by atoms with Crippen molar-refractivity contribution >= 4 is 21.8 Å². The molecule has 1 aromatic carbocycles. The van der Waals surface area contributed by atoms with Gasteiger partial charge in [0.2, 0.25) is 0 Å². The third-order valence-electron chi connectivity index (χ3n) is 3.08. The minimum absolute atomic E-state index is 0.0174. The third-order valence-corrected chi connectivity index (χ3v) is 3.57. The summed E-state index contributed by atoms with van der Waals surface area (Å²) in [4.78, 5) is 11.9. The second-order valence-electron chi connectivity index (χ2n) is 4.21. The molecular weight excluding hydrogens is 278 g/mol. The van der Waals surface area contributed by atoms with Crippen LogP contribution in [-0.2, 0) is 5.54 Å². The molecule has 0 aromatic heterocycles.